The molecular weight excluding hydrogens is 411 g/mol. The number of aromatic amines is 1. The molecule has 0 amide bonds. The Bertz CT molecular complexity index is 1410. The maximum absolute atomic E-state index is 14.0. The highest BCUT2D eigenvalue weighted by Crippen LogP contribution is 2.37. The Morgan fingerprint density at radius 3 is 2.66 bits per heavy atom. The van der Waals surface area contributed by atoms with Gasteiger partial charge in [0.2, 0.25) is 0 Å². The van der Waals surface area contributed by atoms with Crippen molar-refractivity contribution in [1.82, 2.24) is 14.4 Å². The summed E-state index contributed by atoms with van der Waals surface area (Å²) in [4.78, 5) is 37.2. The van der Waals surface area contributed by atoms with Crippen molar-refractivity contribution in [2.45, 2.75) is 44.6 Å². The van der Waals surface area contributed by atoms with E-state index in [1.807, 2.05) is 30.8 Å². The van der Waals surface area contributed by atoms with Gasteiger partial charge in [0.25, 0.3) is 5.56 Å². The molecule has 0 aliphatic heterocycles. The zero-order valence-corrected chi connectivity index (χ0v) is 18.4. The van der Waals surface area contributed by atoms with Gasteiger partial charge in [-0.1, -0.05) is 0 Å². The van der Waals surface area contributed by atoms with Crippen LogP contribution >= 0.6 is 0 Å². The minimum Gasteiger partial charge on any atom is -0.328 e. The number of hydrogen-bond donors (Lipinski definition) is 1. The summed E-state index contributed by atoms with van der Waals surface area (Å²) in [7, 11) is 3.85. The van der Waals surface area contributed by atoms with Gasteiger partial charge in [0, 0.05) is 48.8 Å². The van der Waals surface area contributed by atoms with Crippen LogP contribution in [0.3, 0.4) is 0 Å². The monoisotopic (exact) mass is 437 g/mol. The van der Waals surface area contributed by atoms with Crippen LogP contribution in [-0.2, 0) is 9.63 Å². The summed E-state index contributed by atoms with van der Waals surface area (Å²) in [6, 6.07) is 6.57. The zero-order valence-electron chi connectivity index (χ0n) is 18.4. The van der Waals surface area contributed by atoms with E-state index in [-0.39, 0.29) is 34.0 Å². The van der Waals surface area contributed by atoms with Crippen LogP contribution in [-0.4, -0.2) is 45.1 Å². The fraction of sp³-hybridized carbons (Fsp3) is 0.375. The molecule has 8 heteroatoms. The molecule has 1 saturated carbocycles. The Kier molecular flexibility index (Phi) is 4.78. The molecule has 0 unspecified atom stereocenters. The summed E-state index contributed by atoms with van der Waals surface area (Å²) in [5, 5.41) is 1.78. The lowest BCUT2D eigenvalue weighted by atomic mass is 9.84. The number of nitrogens with zero attached hydrogens (tertiary/aromatic N) is 3. The second kappa shape index (κ2) is 7.41. The first-order valence-electron chi connectivity index (χ1n) is 10.9. The highest BCUT2D eigenvalue weighted by molar-refractivity contribution is 6.11. The number of carbonyl (C=O) groups excluding carboxylic acids is 1. The number of quaternary nitrogens is 1. The van der Waals surface area contributed by atoms with Crippen molar-refractivity contribution in [1.29, 1.82) is 0 Å². The lowest BCUT2D eigenvalue weighted by Crippen LogP contribution is -2.50. The number of carbonyl (C=O) groups is 1. The van der Waals surface area contributed by atoms with Gasteiger partial charge in [-0.15, -0.1) is 4.65 Å². The van der Waals surface area contributed by atoms with Gasteiger partial charge in [-0.3, -0.25) is 14.0 Å². The summed E-state index contributed by atoms with van der Waals surface area (Å²) in [6.07, 6.45) is 7.33. The molecule has 32 heavy (non-hydrogen) atoms. The number of aromatic nitrogens is 3. The summed E-state index contributed by atoms with van der Waals surface area (Å²) in [5.41, 5.74) is 2.16. The number of pyridine rings is 2. The Balaban J connectivity index is 1.56. The average molecular weight is 437 g/mol. The molecule has 3 aromatic heterocycles. The number of hydrogen-bond acceptors (Lipinski definition) is 4. The third-order valence-corrected chi connectivity index (χ3v) is 6.77. The molecule has 1 aromatic carbocycles. The van der Waals surface area contributed by atoms with Gasteiger partial charge in [0.05, 0.1) is 16.6 Å². The van der Waals surface area contributed by atoms with Crippen molar-refractivity contribution in [2.24, 2.45) is 0 Å². The minimum absolute atomic E-state index is 0.233. The summed E-state index contributed by atoms with van der Waals surface area (Å²) >= 11 is 0. The first kappa shape index (κ1) is 20.6. The summed E-state index contributed by atoms with van der Waals surface area (Å²) in [6.45, 7) is 1.44. The normalized spacial score (nSPS) is 19.6. The molecule has 0 saturated heterocycles. The first-order chi connectivity index (χ1) is 15.2. The smallest absolute Gasteiger partial charge is 0.328 e. The minimum atomic E-state index is -0.384. The van der Waals surface area contributed by atoms with Gasteiger partial charge in [0.1, 0.15) is 31.6 Å². The molecule has 7 nitrogen and oxygen atoms in total. The molecule has 0 atom stereocenters. The van der Waals surface area contributed by atoms with E-state index in [1.165, 1.54) is 19.1 Å². The first-order valence-corrected chi connectivity index (χ1v) is 10.9. The molecule has 0 bridgehead atoms. The Morgan fingerprint density at radius 1 is 1.19 bits per heavy atom. The topological polar surface area (TPSA) is 76.5 Å². The molecular formula is C24H26FN4O3+. The number of benzene rings is 1. The molecule has 4 aromatic rings. The quantitative estimate of drug-likeness (QED) is 0.298. The molecule has 0 radical (unpaired) electrons. The largest absolute Gasteiger partial charge is 0.363 e. The average Bonchev–Trinajstić information content (AvgIpc) is 3.19. The Labute approximate surface area is 184 Å². The highest BCUT2D eigenvalue weighted by Gasteiger charge is 2.37. The van der Waals surface area contributed by atoms with Crippen LogP contribution in [0.5, 0.6) is 0 Å². The van der Waals surface area contributed by atoms with E-state index in [0.717, 1.165) is 42.4 Å². The van der Waals surface area contributed by atoms with Crippen LogP contribution in [0, 0.1) is 5.82 Å². The van der Waals surface area contributed by atoms with Crippen LogP contribution in [0.4, 0.5) is 4.39 Å². The van der Waals surface area contributed by atoms with E-state index < -0.39 is 0 Å². The van der Waals surface area contributed by atoms with E-state index in [0.29, 0.717) is 16.3 Å². The van der Waals surface area contributed by atoms with Gasteiger partial charge in [-0.2, -0.15) is 0 Å². The van der Waals surface area contributed by atoms with E-state index in [1.54, 1.807) is 12.3 Å². The van der Waals surface area contributed by atoms with Crippen molar-refractivity contribution in [3.05, 3.63) is 58.5 Å². The van der Waals surface area contributed by atoms with Crippen LogP contribution < -0.4 is 5.56 Å². The maximum Gasteiger partial charge on any atom is 0.363 e. The lowest BCUT2D eigenvalue weighted by molar-refractivity contribution is -1.08. The van der Waals surface area contributed by atoms with Crippen molar-refractivity contribution in [2.75, 3.05) is 14.1 Å². The number of fused-ring (bicyclic) bond motifs is 6. The Hall–Kier alpha value is -3.26. The fourth-order valence-corrected chi connectivity index (χ4v) is 5.22. The highest BCUT2D eigenvalue weighted by atomic mass is 19.1. The van der Waals surface area contributed by atoms with Gasteiger partial charge >= 0.3 is 5.97 Å². The molecule has 1 aliphatic carbocycles. The van der Waals surface area contributed by atoms with E-state index >= 15 is 0 Å². The molecule has 5 rings (SSSR count). The van der Waals surface area contributed by atoms with E-state index in [4.69, 9.17) is 9.82 Å². The third-order valence-electron chi connectivity index (χ3n) is 6.77. The van der Waals surface area contributed by atoms with Crippen molar-refractivity contribution < 1.29 is 18.7 Å². The van der Waals surface area contributed by atoms with E-state index in [2.05, 4.69) is 4.98 Å². The number of nitrogens with one attached hydrogen (secondary N) is 1. The fourth-order valence-electron chi connectivity index (χ4n) is 5.22. The Morgan fingerprint density at radius 2 is 1.94 bits per heavy atom. The number of imidazole rings is 1. The molecule has 1 N–H and O–H groups in total. The number of halogens is 1. The summed E-state index contributed by atoms with van der Waals surface area (Å²) < 4.78 is 16.2. The second-order valence-electron chi connectivity index (χ2n) is 9.14. The van der Waals surface area contributed by atoms with Crippen molar-refractivity contribution in [3.8, 4) is 0 Å². The SMILES string of the molecule is CC(=O)O[N+](C)(C)[C@H]1CC[C@H](c2cn3c4cc[nH]c(=O)c4c4cc(F)ccc4c3n2)CC1. The molecule has 166 valence electrons. The van der Waals surface area contributed by atoms with Gasteiger partial charge < -0.3 is 4.98 Å². The van der Waals surface area contributed by atoms with Crippen LogP contribution in [0.2, 0.25) is 0 Å². The number of hydroxylamine groups is 3. The predicted octanol–water partition coefficient (Wildman–Crippen LogP) is 4.05. The standard InChI is InChI=1S/C24H25FN4O3/c1-14(30)32-29(2,3)17-7-4-15(5-8-17)20-13-28-21-10-11-26-24(31)22(21)19-12-16(25)6-9-18(19)23(28)27-20/h6,9-13,15,17H,4-5,7-8H2,1-3H3/p+1/t15-,17-. The molecule has 3 heterocycles. The number of H-pyrrole nitrogens is 1. The summed E-state index contributed by atoms with van der Waals surface area (Å²) in [5.74, 6) is -0.385. The lowest BCUT2D eigenvalue weighted by Gasteiger charge is -2.37. The molecule has 1 fully saturated rings. The maximum atomic E-state index is 14.0. The molecule has 1 aliphatic rings. The van der Waals surface area contributed by atoms with Crippen LogP contribution in [0.15, 0.2) is 41.5 Å². The van der Waals surface area contributed by atoms with Crippen molar-refractivity contribution in [3.63, 3.8) is 0 Å². The van der Waals surface area contributed by atoms with Crippen molar-refractivity contribution >= 4 is 33.3 Å². The number of rotatable bonds is 3. The predicted molar refractivity (Wildman–Crippen MR) is 120 cm³/mol. The van der Waals surface area contributed by atoms with Gasteiger partial charge in [0.15, 0.2) is 0 Å². The van der Waals surface area contributed by atoms with Gasteiger partial charge in [-0.05, 0) is 37.1 Å². The second-order valence-corrected chi connectivity index (χ2v) is 9.14. The third kappa shape index (κ3) is 3.35. The van der Waals surface area contributed by atoms with Crippen LogP contribution in [0.25, 0.3) is 27.3 Å². The zero-order chi connectivity index (χ0) is 22.6. The van der Waals surface area contributed by atoms with Crippen LogP contribution in [0.1, 0.15) is 44.2 Å². The van der Waals surface area contributed by atoms with E-state index in [9.17, 15) is 14.0 Å². The molecule has 0 spiro atoms. The van der Waals surface area contributed by atoms with Gasteiger partial charge in [-0.25, -0.2) is 14.2 Å².